The number of rotatable bonds is 2. The number of nitrogens with one attached hydrogen (secondary N) is 1. The molecule has 5 rings (SSSR count). The molecule has 3 heteroatoms. The van der Waals surface area contributed by atoms with Gasteiger partial charge in [-0.1, -0.05) is 42.0 Å². The maximum absolute atomic E-state index is 11.8. The lowest BCUT2D eigenvalue weighted by Gasteiger charge is -2.44. The van der Waals surface area contributed by atoms with E-state index in [0.717, 1.165) is 11.6 Å². The van der Waals surface area contributed by atoms with E-state index in [1.54, 1.807) is 6.07 Å². The van der Waals surface area contributed by atoms with Crippen molar-refractivity contribution in [3.63, 3.8) is 0 Å². The predicted molar refractivity (Wildman–Crippen MR) is 98.0 cm³/mol. The molecule has 0 unspecified atom stereocenters. The van der Waals surface area contributed by atoms with Crippen LogP contribution in [0.4, 0.5) is 5.69 Å². The van der Waals surface area contributed by atoms with Gasteiger partial charge in [-0.15, -0.1) is 0 Å². The van der Waals surface area contributed by atoms with Crippen LogP contribution in [0.15, 0.2) is 42.5 Å². The fraction of sp³-hybridized carbons (Fsp3) is 0.409. The highest BCUT2D eigenvalue weighted by molar-refractivity contribution is 5.95. The monoisotopic (exact) mass is 333 g/mol. The van der Waals surface area contributed by atoms with Crippen molar-refractivity contribution in [3.8, 4) is 0 Å². The van der Waals surface area contributed by atoms with E-state index >= 15 is 0 Å². The molecule has 2 aromatic rings. The number of hydrogen-bond acceptors (Lipinski definition) is 2. The number of carboxylic acid groups (broad SMARTS) is 1. The topological polar surface area (TPSA) is 49.3 Å². The summed E-state index contributed by atoms with van der Waals surface area (Å²) in [6.45, 7) is 2.11. The van der Waals surface area contributed by atoms with E-state index in [1.165, 1.54) is 36.0 Å². The van der Waals surface area contributed by atoms with Crippen molar-refractivity contribution in [1.82, 2.24) is 0 Å². The molecule has 0 radical (unpaired) electrons. The number of carbonyl (C=O) groups is 1. The maximum Gasteiger partial charge on any atom is 0.337 e. The zero-order valence-corrected chi connectivity index (χ0v) is 14.4. The van der Waals surface area contributed by atoms with Gasteiger partial charge in [0.15, 0.2) is 0 Å². The Bertz CT molecular complexity index is 842. The third-order valence-corrected chi connectivity index (χ3v) is 6.79. The van der Waals surface area contributed by atoms with Crippen molar-refractivity contribution >= 4 is 11.7 Å². The molecule has 2 bridgehead atoms. The van der Waals surface area contributed by atoms with E-state index < -0.39 is 5.97 Å². The highest BCUT2D eigenvalue weighted by Crippen LogP contribution is 2.63. The molecule has 2 saturated carbocycles. The molecule has 3 nitrogen and oxygen atoms in total. The molecule has 1 heterocycles. The summed E-state index contributed by atoms with van der Waals surface area (Å²) in [5.74, 6) is 1.72. The molecule has 2 fully saturated rings. The first-order valence-electron chi connectivity index (χ1n) is 9.33. The standard InChI is InChI=1S/C22H23NO2/c1-12-5-7-13(8-6-12)20-19-15-10-9-14(11-15)18(19)16-3-2-4-17(22(24)25)21(16)23-20/h2-8,14-15,18-20,23H,9-11H2,1H3,(H,24,25)/t14-,15-,18+,19+,20-/m0/s1. The fourth-order valence-corrected chi connectivity index (χ4v) is 5.80. The van der Waals surface area contributed by atoms with Crippen LogP contribution < -0.4 is 5.32 Å². The minimum atomic E-state index is -0.839. The molecule has 2 N–H and O–H groups in total. The largest absolute Gasteiger partial charge is 0.478 e. The minimum Gasteiger partial charge on any atom is -0.478 e. The molecular formula is C22H23NO2. The summed E-state index contributed by atoms with van der Waals surface area (Å²) in [5, 5.41) is 13.3. The number of carboxylic acids is 1. The lowest BCUT2D eigenvalue weighted by molar-refractivity contribution is 0.0697. The average molecular weight is 333 g/mol. The zero-order valence-electron chi connectivity index (χ0n) is 14.4. The zero-order chi connectivity index (χ0) is 17.1. The molecule has 2 aliphatic carbocycles. The Labute approximate surface area is 148 Å². The van der Waals surface area contributed by atoms with Gasteiger partial charge in [0.1, 0.15) is 0 Å². The highest BCUT2D eigenvalue weighted by Gasteiger charge is 2.54. The van der Waals surface area contributed by atoms with Crippen LogP contribution in [0.25, 0.3) is 0 Å². The SMILES string of the molecule is Cc1ccc([C@@H]2Nc3c(C(=O)O)cccc3[C@H]3[C@H]4CC[C@@H](C4)[C@H]32)cc1. The van der Waals surface area contributed by atoms with E-state index in [4.69, 9.17) is 0 Å². The Morgan fingerprint density at radius 3 is 2.60 bits per heavy atom. The molecule has 25 heavy (non-hydrogen) atoms. The van der Waals surface area contributed by atoms with Crippen LogP contribution in [0.5, 0.6) is 0 Å². The van der Waals surface area contributed by atoms with Gasteiger partial charge < -0.3 is 10.4 Å². The molecule has 128 valence electrons. The number of aryl methyl sites for hydroxylation is 1. The number of para-hydroxylation sites is 1. The first kappa shape index (κ1) is 15.0. The number of hydrogen-bond donors (Lipinski definition) is 2. The smallest absolute Gasteiger partial charge is 0.337 e. The summed E-state index contributed by atoms with van der Waals surface area (Å²) in [6.07, 6.45) is 3.92. The van der Waals surface area contributed by atoms with Crippen molar-refractivity contribution in [3.05, 3.63) is 64.7 Å². The van der Waals surface area contributed by atoms with Crippen LogP contribution in [0.2, 0.25) is 0 Å². The average Bonchev–Trinajstić information content (AvgIpc) is 3.23. The molecule has 0 spiro atoms. The van der Waals surface area contributed by atoms with Gasteiger partial charge in [0.05, 0.1) is 17.3 Å². The highest BCUT2D eigenvalue weighted by atomic mass is 16.4. The van der Waals surface area contributed by atoms with Gasteiger partial charge >= 0.3 is 5.97 Å². The Morgan fingerprint density at radius 2 is 1.84 bits per heavy atom. The van der Waals surface area contributed by atoms with E-state index in [2.05, 4.69) is 42.6 Å². The Balaban J connectivity index is 1.67. The normalized spacial score (nSPS) is 32.0. The van der Waals surface area contributed by atoms with E-state index in [0.29, 0.717) is 23.3 Å². The van der Waals surface area contributed by atoms with Crippen LogP contribution in [-0.2, 0) is 0 Å². The fourth-order valence-electron chi connectivity index (χ4n) is 5.80. The van der Waals surface area contributed by atoms with Crippen molar-refractivity contribution in [1.29, 1.82) is 0 Å². The third-order valence-electron chi connectivity index (χ3n) is 6.79. The second-order valence-electron chi connectivity index (χ2n) is 8.04. The van der Waals surface area contributed by atoms with Crippen LogP contribution >= 0.6 is 0 Å². The Hall–Kier alpha value is -2.29. The summed E-state index contributed by atoms with van der Waals surface area (Å²) < 4.78 is 0. The number of anilines is 1. The molecule has 1 aliphatic heterocycles. The van der Waals surface area contributed by atoms with Crippen molar-refractivity contribution in [2.24, 2.45) is 17.8 Å². The minimum absolute atomic E-state index is 0.217. The van der Waals surface area contributed by atoms with Gasteiger partial charge in [-0.25, -0.2) is 4.79 Å². The van der Waals surface area contributed by atoms with E-state index in [-0.39, 0.29) is 6.04 Å². The summed E-state index contributed by atoms with van der Waals surface area (Å²) >= 11 is 0. The van der Waals surface area contributed by atoms with Crippen LogP contribution in [-0.4, -0.2) is 11.1 Å². The van der Waals surface area contributed by atoms with Gasteiger partial charge in [-0.05, 0) is 67.1 Å². The summed E-state index contributed by atoms with van der Waals surface area (Å²) in [5.41, 5.74) is 5.06. The Kier molecular flexibility index (Phi) is 3.21. The number of benzene rings is 2. The second-order valence-corrected chi connectivity index (χ2v) is 8.04. The molecule has 0 saturated heterocycles. The van der Waals surface area contributed by atoms with Gasteiger partial charge in [0, 0.05) is 0 Å². The summed E-state index contributed by atoms with van der Waals surface area (Å²) in [7, 11) is 0. The molecule has 0 amide bonds. The van der Waals surface area contributed by atoms with E-state index in [9.17, 15) is 9.90 Å². The Morgan fingerprint density at radius 1 is 1.08 bits per heavy atom. The van der Waals surface area contributed by atoms with Gasteiger partial charge in [0.2, 0.25) is 0 Å². The maximum atomic E-state index is 11.8. The van der Waals surface area contributed by atoms with Crippen LogP contribution in [0.1, 0.15) is 58.3 Å². The predicted octanol–water partition coefficient (Wildman–Crippen LogP) is 4.99. The first-order valence-corrected chi connectivity index (χ1v) is 9.33. The second kappa shape index (κ2) is 5.35. The molecule has 3 aliphatic rings. The molecular weight excluding hydrogens is 310 g/mol. The molecule has 5 atom stereocenters. The van der Waals surface area contributed by atoms with Crippen LogP contribution in [0.3, 0.4) is 0 Å². The number of aromatic carboxylic acids is 1. The lowest BCUT2D eigenvalue weighted by atomic mass is 9.67. The molecule has 0 aromatic heterocycles. The van der Waals surface area contributed by atoms with Gasteiger partial charge in [0.25, 0.3) is 0 Å². The van der Waals surface area contributed by atoms with Crippen molar-refractivity contribution in [2.45, 2.75) is 38.1 Å². The van der Waals surface area contributed by atoms with Gasteiger partial charge in [-0.3, -0.25) is 0 Å². The number of fused-ring (bicyclic) bond motifs is 7. The quantitative estimate of drug-likeness (QED) is 0.814. The summed E-state index contributed by atoms with van der Waals surface area (Å²) in [4.78, 5) is 11.8. The van der Waals surface area contributed by atoms with Crippen LogP contribution in [0, 0.1) is 24.7 Å². The van der Waals surface area contributed by atoms with E-state index in [1.807, 2.05) is 6.07 Å². The summed E-state index contributed by atoms with van der Waals surface area (Å²) in [6, 6.07) is 14.8. The van der Waals surface area contributed by atoms with Crippen molar-refractivity contribution < 1.29 is 9.90 Å². The first-order chi connectivity index (χ1) is 12.1. The van der Waals surface area contributed by atoms with Gasteiger partial charge in [-0.2, -0.15) is 0 Å². The third kappa shape index (κ3) is 2.14. The van der Waals surface area contributed by atoms with Crippen molar-refractivity contribution in [2.75, 3.05) is 5.32 Å². The molecule has 2 aromatic carbocycles. The lowest BCUT2D eigenvalue weighted by Crippen LogP contribution is -2.36.